The second kappa shape index (κ2) is 5.01. The zero-order chi connectivity index (χ0) is 12.4. The molecule has 3 nitrogen and oxygen atoms in total. The topological polar surface area (TPSA) is 50.9 Å². The van der Waals surface area contributed by atoms with E-state index in [9.17, 15) is 4.39 Å². The molecule has 0 saturated carbocycles. The van der Waals surface area contributed by atoms with Crippen molar-refractivity contribution in [2.24, 2.45) is 0 Å². The first-order valence-corrected chi connectivity index (χ1v) is 6.28. The Labute approximate surface area is 114 Å². The summed E-state index contributed by atoms with van der Waals surface area (Å²) in [7, 11) is 0. The fourth-order valence-corrected chi connectivity index (χ4v) is 1.97. The number of nitrogen functional groups attached to an aromatic ring is 1. The molecule has 0 fully saturated rings. The minimum absolute atomic E-state index is 0.327. The zero-order valence-corrected chi connectivity index (χ0v) is 11.7. The minimum Gasteiger partial charge on any atom is -0.396 e. The Morgan fingerprint density at radius 2 is 2.00 bits per heavy atom. The van der Waals surface area contributed by atoms with Crippen molar-refractivity contribution in [3.63, 3.8) is 0 Å². The first-order chi connectivity index (χ1) is 8.06. The van der Waals surface area contributed by atoms with Gasteiger partial charge in [-0.05, 0) is 56.1 Å². The van der Waals surface area contributed by atoms with Crippen LogP contribution in [0.1, 0.15) is 0 Å². The first kappa shape index (κ1) is 12.3. The summed E-state index contributed by atoms with van der Waals surface area (Å²) >= 11 is 6.59. The predicted octanol–water partition coefficient (Wildman–Crippen LogP) is 4.07. The molecule has 88 valence electrons. The van der Waals surface area contributed by atoms with Crippen molar-refractivity contribution in [1.82, 2.24) is 4.98 Å². The third-order valence-electron chi connectivity index (χ3n) is 2.07. The van der Waals surface area contributed by atoms with Crippen LogP contribution in [0.3, 0.4) is 0 Å². The number of nitrogens with two attached hydrogens (primary N) is 1. The highest BCUT2D eigenvalue weighted by Gasteiger charge is 2.06. The number of benzene rings is 1. The molecular formula is C11H8Br2FN3. The number of rotatable bonds is 2. The normalized spacial score (nSPS) is 10.3. The summed E-state index contributed by atoms with van der Waals surface area (Å²) in [5.74, 6) is 0.158. The van der Waals surface area contributed by atoms with E-state index < -0.39 is 0 Å². The van der Waals surface area contributed by atoms with Crippen molar-refractivity contribution >= 4 is 49.1 Å². The molecule has 1 heterocycles. The molecule has 3 N–H and O–H groups in total. The molecule has 0 atom stereocenters. The Morgan fingerprint density at radius 1 is 1.24 bits per heavy atom. The van der Waals surface area contributed by atoms with E-state index >= 15 is 0 Å². The molecule has 2 aromatic rings. The highest BCUT2D eigenvalue weighted by atomic mass is 79.9. The van der Waals surface area contributed by atoms with Crippen LogP contribution in [0.4, 0.5) is 21.6 Å². The highest BCUT2D eigenvalue weighted by molar-refractivity contribution is 9.10. The number of hydrogen-bond acceptors (Lipinski definition) is 3. The number of nitrogens with one attached hydrogen (secondary N) is 1. The lowest BCUT2D eigenvalue weighted by Gasteiger charge is -2.10. The maximum absolute atomic E-state index is 13.1. The van der Waals surface area contributed by atoms with Crippen molar-refractivity contribution in [1.29, 1.82) is 0 Å². The molecule has 0 saturated heterocycles. The molecule has 0 bridgehead atoms. The van der Waals surface area contributed by atoms with E-state index in [0.717, 1.165) is 8.95 Å². The van der Waals surface area contributed by atoms with Crippen LogP contribution in [0.2, 0.25) is 0 Å². The molecule has 0 aliphatic heterocycles. The van der Waals surface area contributed by atoms with E-state index in [0.29, 0.717) is 17.2 Å². The Morgan fingerprint density at radius 3 is 2.71 bits per heavy atom. The lowest BCUT2D eigenvalue weighted by molar-refractivity contribution is 0.628. The van der Waals surface area contributed by atoms with E-state index in [1.54, 1.807) is 18.3 Å². The molecule has 0 unspecified atom stereocenters. The van der Waals surface area contributed by atoms with Crippen LogP contribution in [-0.4, -0.2) is 4.98 Å². The average Bonchev–Trinajstić information content (AvgIpc) is 2.27. The molecule has 0 radical (unpaired) electrons. The van der Waals surface area contributed by atoms with Crippen molar-refractivity contribution in [3.05, 3.63) is 45.2 Å². The maximum Gasteiger partial charge on any atom is 0.153 e. The van der Waals surface area contributed by atoms with Gasteiger partial charge in [-0.15, -0.1) is 0 Å². The van der Waals surface area contributed by atoms with E-state index in [1.807, 2.05) is 0 Å². The second-order valence-electron chi connectivity index (χ2n) is 3.34. The van der Waals surface area contributed by atoms with Crippen molar-refractivity contribution in [2.45, 2.75) is 0 Å². The van der Waals surface area contributed by atoms with Crippen LogP contribution < -0.4 is 11.1 Å². The van der Waals surface area contributed by atoms with Gasteiger partial charge in [-0.2, -0.15) is 0 Å². The van der Waals surface area contributed by atoms with Gasteiger partial charge in [0.25, 0.3) is 0 Å². The summed E-state index contributed by atoms with van der Waals surface area (Å²) in [4.78, 5) is 4.12. The lowest BCUT2D eigenvalue weighted by Crippen LogP contribution is -1.99. The van der Waals surface area contributed by atoms with E-state index in [4.69, 9.17) is 5.73 Å². The van der Waals surface area contributed by atoms with E-state index in [1.165, 1.54) is 12.1 Å². The fourth-order valence-electron chi connectivity index (χ4n) is 1.28. The van der Waals surface area contributed by atoms with Gasteiger partial charge in [0.15, 0.2) is 5.82 Å². The van der Waals surface area contributed by atoms with Crippen LogP contribution in [0.15, 0.2) is 39.4 Å². The molecule has 0 aliphatic carbocycles. The molecule has 0 amide bonds. The Bertz CT molecular complexity index is 560. The van der Waals surface area contributed by atoms with Crippen molar-refractivity contribution < 1.29 is 4.39 Å². The Balaban J connectivity index is 2.34. The lowest BCUT2D eigenvalue weighted by atomic mass is 10.3. The molecule has 1 aromatic carbocycles. The second-order valence-corrected chi connectivity index (χ2v) is 5.11. The maximum atomic E-state index is 13.1. The Hall–Kier alpha value is -1.14. The number of aromatic nitrogens is 1. The van der Waals surface area contributed by atoms with Gasteiger partial charge in [0.2, 0.25) is 0 Å². The average molecular weight is 361 g/mol. The summed E-state index contributed by atoms with van der Waals surface area (Å²) in [6.07, 6.45) is 1.62. The third kappa shape index (κ3) is 2.95. The van der Waals surface area contributed by atoms with E-state index in [2.05, 4.69) is 42.2 Å². The molecular weight excluding hydrogens is 353 g/mol. The highest BCUT2D eigenvalue weighted by Crippen LogP contribution is 2.29. The van der Waals surface area contributed by atoms with Gasteiger partial charge < -0.3 is 11.1 Å². The largest absolute Gasteiger partial charge is 0.396 e. The van der Waals surface area contributed by atoms with Gasteiger partial charge in [-0.1, -0.05) is 0 Å². The molecule has 2 rings (SSSR count). The number of pyridine rings is 1. The summed E-state index contributed by atoms with van der Waals surface area (Å²) in [6.45, 7) is 0. The monoisotopic (exact) mass is 359 g/mol. The molecule has 1 aromatic heterocycles. The van der Waals surface area contributed by atoms with Gasteiger partial charge in [-0.3, -0.25) is 0 Å². The van der Waals surface area contributed by atoms with Crippen molar-refractivity contribution in [2.75, 3.05) is 11.1 Å². The van der Waals surface area contributed by atoms with Crippen LogP contribution in [0, 0.1) is 5.82 Å². The first-order valence-electron chi connectivity index (χ1n) is 4.69. The molecule has 17 heavy (non-hydrogen) atoms. The smallest absolute Gasteiger partial charge is 0.153 e. The van der Waals surface area contributed by atoms with Gasteiger partial charge in [0, 0.05) is 15.1 Å². The molecule has 6 heteroatoms. The predicted molar refractivity (Wildman–Crippen MR) is 73.7 cm³/mol. The van der Waals surface area contributed by atoms with Gasteiger partial charge in [0.1, 0.15) is 5.82 Å². The molecule has 0 spiro atoms. The summed E-state index contributed by atoms with van der Waals surface area (Å²) in [5, 5.41) is 2.96. The third-order valence-corrected chi connectivity index (χ3v) is 3.19. The van der Waals surface area contributed by atoms with E-state index in [-0.39, 0.29) is 5.82 Å². The Kier molecular flexibility index (Phi) is 3.63. The van der Waals surface area contributed by atoms with Crippen LogP contribution in [0.5, 0.6) is 0 Å². The number of hydrogen-bond donors (Lipinski definition) is 2. The SMILES string of the molecule is Nc1cc(Br)cnc1Nc1cc(F)ccc1Br. The standard InChI is InChI=1S/C11H8Br2FN3/c12-6-3-9(15)11(16-5-6)17-10-4-7(14)1-2-8(10)13/h1-5H,15H2,(H,16,17). The fraction of sp³-hybridized carbons (Fsp3) is 0. The van der Waals surface area contributed by atoms with Crippen LogP contribution >= 0.6 is 31.9 Å². The van der Waals surface area contributed by atoms with Crippen molar-refractivity contribution in [3.8, 4) is 0 Å². The van der Waals surface area contributed by atoms with Crippen LogP contribution in [0.25, 0.3) is 0 Å². The number of halogens is 3. The minimum atomic E-state index is -0.327. The number of anilines is 3. The van der Waals surface area contributed by atoms with Gasteiger partial charge in [-0.25, -0.2) is 9.37 Å². The van der Waals surface area contributed by atoms with Crippen LogP contribution in [-0.2, 0) is 0 Å². The number of nitrogens with zero attached hydrogens (tertiary/aromatic N) is 1. The van der Waals surface area contributed by atoms with Gasteiger partial charge in [0.05, 0.1) is 11.4 Å². The molecule has 0 aliphatic rings. The zero-order valence-electron chi connectivity index (χ0n) is 8.55. The summed E-state index contributed by atoms with van der Waals surface area (Å²) in [5.41, 5.74) is 6.85. The quantitative estimate of drug-likeness (QED) is 0.848. The van der Waals surface area contributed by atoms with Gasteiger partial charge >= 0.3 is 0 Å². The summed E-state index contributed by atoms with van der Waals surface area (Å²) < 4.78 is 14.6. The summed E-state index contributed by atoms with van der Waals surface area (Å²) in [6, 6.07) is 6.08.